The van der Waals surface area contributed by atoms with Crippen molar-refractivity contribution < 1.29 is 22.8 Å². The lowest BCUT2D eigenvalue weighted by Crippen LogP contribution is -2.51. The van der Waals surface area contributed by atoms with Crippen LogP contribution < -0.4 is 0 Å². The second-order valence-electron chi connectivity index (χ2n) is 6.75. The minimum atomic E-state index is -4.61. The Kier molecular flexibility index (Phi) is 4.73. The number of nitrogens with one attached hydrogen (secondary N) is 1. The van der Waals surface area contributed by atoms with Gasteiger partial charge in [-0.3, -0.25) is 14.7 Å². The van der Waals surface area contributed by atoms with Gasteiger partial charge in [0.2, 0.25) is 0 Å². The van der Waals surface area contributed by atoms with Crippen molar-refractivity contribution >= 4 is 22.7 Å². The van der Waals surface area contributed by atoms with Crippen LogP contribution in [0.5, 0.6) is 0 Å². The highest BCUT2D eigenvalue weighted by atomic mass is 19.4. The maximum atomic E-state index is 13.2. The Balaban J connectivity index is 1.47. The molecule has 29 heavy (non-hydrogen) atoms. The molecule has 2 aromatic carbocycles. The van der Waals surface area contributed by atoms with E-state index in [0.29, 0.717) is 11.1 Å². The van der Waals surface area contributed by atoms with Crippen LogP contribution in [-0.4, -0.2) is 58.0 Å². The van der Waals surface area contributed by atoms with Gasteiger partial charge in [0.25, 0.3) is 11.8 Å². The summed E-state index contributed by atoms with van der Waals surface area (Å²) in [5.74, 6) is -0.958. The van der Waals surface area contributed by atoms with Crippen molar-refractivity contribution in [3.8, 4) is 0 Å². The second kappa shape index (κ2) is 7.23. The summed E-state index contributed by atoms with van der Waals surface area (Å²) in [5.41, 5.74) is -0.291. The molecule has 1 fully saturated rings. The van der Waals surface area contributed by atoms with Crippen LogP contribution in [0.3, 0.4) is 0 Å². The van der Waals surface area contributed by atoms with Gasteiger partial charge in [-0.1, -0.05) is 30.3 Å². The first-order valence-electron chi connectivity index (χ1n) is 9.04. The molecule has 3 aromatic rings. The van der Waals surface area contributed by atoms with E-state index in [-0.39, 0.29) is 37.6 Å². The summed E-state index contributed by atoms with van der Waals surface area (Å²) in [4.78, 5) is 28.4. The molecule has 1 aliphatic heterocycles. The predicted molar refractivity (Wildman–Crippen MR) is 99.3 cm³/mol. The van der Waals surface area contributed by atoms with E-state index in [1.165, 1.54) is 23.1 Å². The first-order chi connectivity index (χ1) is 13.9. The number of nitrogens with zero attached hydrogens (tertiary/aromatic N) is 3. The summed E-state index contributed by atoms with van der Waals surface area (Å²) >= 11 is 0. The molecule has 2 amide bonds. The number of rotatable bonds is 2. The highest BCUT2D eigenvalue weighted by molar-refractivity contribution is 6.04. The van der Waals surface area contributed by atoms with E-state index in [1.54, 1.807) is 11.0 Å². The number of hydrogen-bond donors (Lipinski definition) is 1. The van der Waals surface area contributed by atoms with Crippen molar-refractivity contribution in [1.29, 1.82) is 0 Å². The number of aromatic nitrogens is 2. The Morgan fingerprint density at radius 3 is 2.14 bits per heavy atom. The number of carbonyl (C=O) groups is 2. The van der Waals surface area contributed by atoms with Gasteiger partial charge in [0.05, 0.1) is 16.6 Å². The molecule has 1 saturated heterocycles. The first-order valence-corrected chi connectivity index (χ1v) is 9.04. The molecule has 150 valence electrons. The van der Waals surface area contributed by atoms with Crippen LogP contribution in [0, 0.1) is 0 Å². The second-order valence-corrected chi connectivity index (χ2v) is 6.75. The average molecular weight is 402 g/mol. The number of alkyl halides is 3. The number of amides is 2. The number of fused-ring (bicyclic) bond motifs is 1. The van der Waals surface area contributed by atoms with Gasteiger partial charge < -0.3 is 9.80 Å². The summed E-state index contributed by atoms with van der Waals surface area (Å²) < 4.78 is 39.6. The highest BCUT2D eigenvalue weighted by Gasteiger charge is 2.36. The number of benzene rings is 2. The van der Waals surface area contributed by atoms with Crippen LogP contribution in [0.1, 0.15) is 26.4 Å². The van der Waals surface area contributed by atoms with Gasteiger partial charge in [0.1, 0.15) is 0 Å². The van der Waals surface area contributed by atoms with Gasteiger partial charge in [0.15, 0.2) is 5.69 Å². The van der Waals surface area contributed by atoms with E-state index < -0.39 is 17.6 Å². The summed E-state index contributed by atoms with van der Waals surface area (Å²) in [7, 11) is 0. The van der Waals surface area contributed by atoms with E-state index in [4.69, 9.17) is 0 Å². The minimum absolute atomic E-state index is 0.152. The summed E-state index contributed by atoms with van der Waals surface area (Å²) in [6.07, 6.45) is -4.61. The maximum absolute atomic E-state index is 13.2. The molecular weight excluding hydrogens is 385 g/mol. The molecule has 0 aliphatic carbocycles. The normalized spacial score (nSPS) is 15.0. The van der Waals surface area contributed by atoms with E-state index in [1.807, 2.05) is 18.2 Å². The zero-order valence-electron chi connectivity index (χ0n) is 15.2. The fraction of sp³-hybridized carbons (Fsp3) is 0.250. The summed E-state index contributed by atoms with van der Waals surface area (Å²) in [5, 5.41) is 7.60. The zero-order valence-corrected chi connectivity index (χ0v) is 15.2. The monoisotopic (exact) mass is 402 g/mol. The molecule has 0 bridgehead atoms. The number of halogens is 3. The molecule has 2 heterocycles. The van der Waals surface area contributed by atoms with Gasteiger partial charge in [0, 0.05) is 31.6 Å². The minimum Gasteiger partial charge on any atom is -0.335 e. The highest BCUT2D eigenvalue weighted by Crippen LogP contribution is 2.32. The smallest absolute Gasteiger partial charge is 0.335 e. The van der Waals surface area contributed by atoms with Gasteiger partial charge in [-0.2, -0.15) is 18.3 Å². The Hall–Kier alpha value is -3.36. The molecular formula is C20H17F3N4O2. The SMILES string of the molecule is O=C(c1ccccc1C(F)(F)F)N1CCN(C(=O)c2n[nH]c3ccccc23)CC1. The lowest BCUT2D eigenvalue weighted by atomic mass is 10.1. The molecule has 0 spiro atoms. The third kappa shape index (κ3) is 3.55. The van der Waals surface area contributed by atoms with Crippen molar-refractivity contribution in [2.45, 2.75) is 6.18 Å². The Labute approximate surface area is 163 Å². The number of para-hydroxylation sites is 1. The number of H-pyrrole nitrogens is 1. The van der Waals surface area contributed by atoms with E-state index in [0.717, 1.165) is 11.6 Å². The van der Waals surface area contributed by atoms with Gasteiger partial charge in [-0.05, 0) is 18.2 Å². The Morgan fingerprint density at radius 2 is 1.45 bits per heavy atom. The molecule has 6 nitrogen and oxygen atoms in total. The fourth-order valence-electron chi connectivity index (χ4n) is 3.48. The van der Waals surface area contributed by atoms with Crippen LogP contribution in [0.15, 0.2) is 48.5 Å². The van der Waals surface area contributed by atoms with Crippen LogP contribution >= 0.6 is 0 Å². The molecule has 9 heteroatoms. The quantitative estimate of drug-likeness (QED) is 0.716. The molecule has 0 saturated carbocycles. The molecule has 4 rings (SSSR count). The lowest BCUT2D eigenvalue weighted by molar-refractivity contribution is -0.138. The molecule has 0 atom stereocenters. The molecule has 1 aromatic heterocycles. The third-order valence-electron chi connectivity index (χ3n) is 4.99. The lowest BCUT2D eigenvalue weighted by Gasteiger charge is -2.34. The van der Waals surface area contributed by atoms with Crippen molar-refractivity contribution in [2.24, 2.45) is 0 Å². The van der Waals surface area contributed by atoms with Crippen LogP contribution in [0.4, 0.5) is 13.2 Å². The Bertz CT molecular complexity index is 1070. The predicted octanol–water partition coefficient (Wildman–Crippen LogP) is 3.18. The first kappa shape index (κ1) is 19.0. The fourth-order valence-corrected chi connectivity index (χ4v) is 3.48. The van der Waals surface area contributed by atoms with Crippen molar-refractivity contribution in [2.75, 3.05) is 26.2 Å². The van der Waals surface area contributed by atoms with E-state index in [9.17, 15) is 22.8 Å². The molecule has 0 radical (unpaired) electrons. The molecule has 0 unspecified atom stereocenters. The largest absolute Gasteiger partial charge is 0.417 e. The third-order valence-corrected chi connectivity index (χ3v) is 4.99. The van der Waals surface area contributed by atoms with Crippen LogP contribution in [-0.2, 0) is 6.18 Å². The maximum Gasteiger partial charge on any atom is 0.417 e. The van der Waals surface area contributed by atoms with Gasteiger partial charge in [-0.15, -0.1) is 0 Å². The van der Waals surface area contributed by atoms with E-state index in [2.05, 4.69) is 10.2 Å². The van der Waals surface area contributed by atoms with Crippen molar-refractivity contribution in [3.63, 3.8) is 0 Å². The number of piperazine rings is 1. The van der Waals surface area contributed by atoms with Crippen LogP contribution in [0.25, 0.3) is 10.9 Å². The van der Waals surface area contributed by atoms with E-state index >= 15 is 0 Å². The van der Waals surface area contributed by atoms with Crippen molar-refractivity contribution in [1.82, 2.24) is 20.0 Å². The number of carbonyl (C=O) groups excluding carboxylic acids is 2. The van der Waals surface area contributed by atoms with Crippen LogP contribution in [0.2, 0.25) is 0 Å². The summed E-state index contributed by atoms with van der Waals surface area (Å²) in [6.45, 7) is 0.748. The zero-order chi connectivity index (χ0) is 20.6. The topological polar surface area (TPSA) is 69.3 Å². The molecule has 1 aliphatic rings. The molecule has 1 N–H and O–H groups in total. The van der Waals surface area contributed by atoms with Gasteiger partial charge >= 0.3 is 6.18 Å². The Morgan fingerprint density at radius 1 is 0.862 bits per heavy atom. The standard InChI is InChI=1S/C20H17F3N4O2/c21-20(22,23)15-7-3-1-5-13(15)18(28)26-9-11-27(12-10-26)19(29)17-14-6-2-4-8-16(14)24-25-17/h1-8H,9-12H2,(H,24,25). The number of aromatic amines is 1. The van der Waals surface area contributed by atoms with Crippen molar-refractivity contribution in [3.05, 3.63) is 65.4 Å². The number of hydrogen-bond acceptors (Lipinski definition) is 3. The summed E-state index contributed by atoms with van der Waals surface area (Å²) in [6, 6.07) is 12.0. The average Bonchev–Trinajstić information content (AvgIpc) is 3.16. The van der Waals surface area contributed by atoms with Gasteiger partial charge in [-0.25, -0.2) is 0 Å².